The Morgan fingerprint density at radius 2 is 2.11 bits per heavy atom. The molecule has 0 aliphatic heterocycles. The maximum absolute atomic E-state index is 13.6. The molecular formula is C12H10FN5O. The van der Waals surface area contributed by atoms with E-state index in [1.165, 1.54) is 18.5 Å². The molecule has 0 saturated carbocycles. The number of H-pyrrole nitrogens is 1. The van der Waals surface area contributed by atoms with Crippen molar-refractivity contribution in [3.05, 3.63) is 36.4 Å². The number of anilines is 1. The molecule has 0 radical (unpaired) electrons. The van der Waals surface area contributed by atoms with Crippen molar-refractivity contribution in [2.45, 2.75) is 0 Å². The van der Waals surface area contributed by atoms with Crippen LogP contribution in [0.4, 0.5) is 10.3 Å². The molecule has 0 atom stereocenters. The van der Waals surface area contributed by atoms with Crippen molar-refractivity contribution in [1.82, 2.24) is 19.9 Å². The first kappa shape index (κ1) is 11.4. The van der Waals surface area contributed by atoms with E-state index < -0.39 is 5.82 Å². The van der Waals surface area contributed by atoms with Gasteiger partial charge in [0.15, 0.2) is 17.2 Å². The summed E-state index contributed by atoms with van der Waals surface area (Å²) in [6.45, 7) is 0. The molecule has 0 aliphatic rings. The Hall–Kier alpha value is -2.70. The lowest BCUT2D eigenvalue weighted by atomic mass is 10.3. The first-order chi connectivity index (χ1) is 9.28. The first-order valence-corrected chi connectivity index (χ1v) is 5.59. The van der Waals surface area contributed by atoms with E-state index in [9.17, 15) is 4.39 Å². The second kappa shape index (κ2) is 4.52. The van der Waals surface area contributed by atoms with Crippen molar-refractivity contribution in [3.63, 3.8) is 0 Å². The summed E-state index contributed by atoms with van der Waals surface area (Å²) in [6.07, 6.45) is 1.48. The van der Waals surface area contributed by atoms with Gasteiger partial charge in [0.25, 0.3) is 5.88 Å². The standard InChI is InChI=1S/C12H10FN5O/c1-14-12-17-10-9(15-6-16-10)11(18-12)19-8-5-3-2-4-7(8)13/h2-6H,1H3,(H2,14,15,16,17,18). The van der Waals surface area contributed by atoms with Crippen molar-refractivity contribution in [2.24, 2.45) is 0 Å². The molecule has 19 heavy (non-hydrogen) atoms. The molecule has 3 rings (SSSR count). The zero-order valence-corrected chi connectivity index (χ0v) is 10.0. The quantitative estimate of drug-likeness (QED) is 0.755. The minimum atomic E-state index is -0.459. The molecule has 3 aromatic rings. The number of hydrogen-bond donors (Lipinski definition) is 2. The lowest BCUT2D eigenvalue weighted by Gasteiger charge is -2.07. The van der Waals surface area contributed by atoms with Gasteiger partial charge in [-0.1, -0.05) is 12.1 Å². The Bertz CT molecular complexity index is 727. The average Bonchev–Trinajstić information content (AvgIpc) is 2.89. The minimum absolute atomic E-state index is 0.0964. The van der Waals surface area contributed by atoms with E-state index >= 15 is 0 Å². The van der Waals surface area contributed by atoms with Gasteiger partial charge < -0.3 is 15.0 Å². The summed E-state index contributed by atoms with van der Waals surface area (Å²) >= 11 is 0. The number of aromatic amines is 1. The van der Waals surface area contributed by atoms with Crippen molar-refractivity contribution in [3.8, 4) is 11.6 Å². The van der Waals surface area contributed by atoms with Crippen LogP contribution in [0, 0.1) is 5.82 Å². The van der Waals surface area contributed by atoms with Crippen LogP contribution >= 0.6 is 0 Å². The Labute approximate surface area is 107 Å². The Kier molecular flexibility index (Phi) is 2.71. The Balaban J connectivity index is 2.09. The smallest absolute Gasteiger partial charge is 0.250 e. The van der Waals surface area contributed by atoms with Gasteiger partial charge in [-0.05, 0) is 12.1 Å². The normalized spacial score (nSPS) is 10.6. The van der Waals surface area contributed by atoms with Crippen molar-refractivity contribution in [2.75, 3.05) is 12.4 Å². The molecule has 0 amide bonds. The largest absolute Gasteiger partial charge is 0.434 e. The Morgan fingerprint density at radius 3 is 2.89 bits per heavy atom. The summed E-state index contributed by atoms with van der Waals surface area (Å²) in [6, 6.07) is 6.12. The van der Waals surface area contributed by atoms with Crippen LogP contribution in [0.2, 0.25) is 0 Å². The molecule has 0 bridgehead atoms. The van der Waals surface area contributed by atoms with Gasteiger partial charge in [-0.15, -0.1) is 0 Å². The maximum Gasteiger partial charge on any atom is 0.250 e. The SMILES string of the molecule is CNc1nc(Oc2ccccc2F)c2[nH]cnc2n1. The fraction of sp³-hybridized carbons (Fsp3) is 0.0833. The van der Waals surface area contributed by atoms with E-state index in [4.69, 9.17) is 4.74 Å². The third kappa shape index (κ3) is 2.05. The van der Waals surface area contributed by atoms with Crippen LogP contribution in [-0.2, 0) is 0 Å². The molecule has 1 aromatic carbocycles. The molecule has 0 fully saturated rings. The van der Waals surface area contributed by atoms with Gasteiger partial charge in [-0.2, -0.15) is 9.97 Å². The summed E-state index contributed by atoms with van der Waals surface area (Å²) in [5, 5.41) is 2.80. The van der Waals surface area contributed by atoms with E-state index in [0.29, 0.717) is 17.1 Å². The Morgan fingerprint density at radius 1 is 1.26 bits per heavy atom. The molecule has 2 heterocycles. The second-order valence-corrected chi connectivity index (χ2v) is 3.74. The summed E-state index contributed by atoms with van der Waals surface area (Å²) in [7, 11) is 1.68. The summed E-state index contributed by atoms with van der Waals surface area (Å²) in [5.41, 5.74) is 0.966. The minimum Gasteiger partial charge on any atom is -0.434 e. The number of fused-ring (bicyclic) bond motifs is 1. The van der Waals surface area contributed by atoms with Crippen LogP contribution in [0.3, 0.4) is 0 Å². The molecule has 6 nitrogen and oxygen atoms in total. The molecule has 2 aromatic heterocycles. The topological polar surface area (TPSA) is 75.7 Å². The molecular weight excluding hydrogens is 249 g/mol. The lowest BCUT2D eigenvalue weighted by molar-refractivity contribution is 0.431. The fourth-order valence-electron chi connectivity index (χ4n) is 1.62. The predicted molar refractivity (Wildman–Crippen MR) is 67.7 cm³/mol. The zero-order valence-electron chi connectivity index (χ0n) is 10.0. The zero-order chi connectivity index (χ0) is 13.2. The van der Waals surface area contributed by atoms with Gasteiger partial charge in [0.05, 0.1) is 6.33 Å². The fourth-order valence-corrected chi connectivity index (χ4v) is 1.62. The van der Waals surface area contributed by atoms with E-state index in [1.54, 1.807) is 19.2 Å². The van der Waals surface area contributed by atoms with Crippen LogP contribution in [0.15, 0.2) is 30.6 Å². The summed E-state index contributed by atoms with van der Waals surface area (Å²) in [5.74, 6) is 0.210. The number of nitrogens with zero attached hydrogens (tertiary/aromatic N) is 3. The van der Waals surface area contributed by atoms with Crippen molar-refractivity contribution < 1.29 is 9.13 Å². The average molecular weight is 259 g/mol. The predicted octanol–water partition coefficient (Wildman–Crippen LogP) is 2.33. The summed E-state index contributed by atoms with van der Waals surface area (Å²) in [4.78, 5) is 15.2. The number of rotatable bonds is 3. The monoisotopic (exact) mass is 259 g/mol. The van der Waals surface area contributed by atoms with Gasteiger partial charge in [-0.3, -0.25) is 0 Å². The maximum atomic E-state index is 13.6. The van der Waals surface area contributed by atoms with Crippen LogP contribution in [0.5, 0.6) is 11.6 Å². The number of imidazole rings is 1. The molecule has 0 unspecified atom stereocenters. The highest BCUT2D eigenvalue weighted by atomic mass is 19.1. The lowest BCUT2D eigenvalue weighted by Crippen LogP contribution is -2.00. The highest BCUT2D eigenvalue weighted by Gasteiger charge is 2.13. The van der Waals surface area contributed by atoms with Gasteiger partial charge in [0, 0.05) is 7.05 Å². The van der Waals surface area contributed by atoms with Crippen molar-refractivity contribution in [1.29, 1.82) is 0 Å². The molecule has 2 N–H and O–H groups in total. The number of para-hydroxylation sites is 1. The third-order valence-corrected chi connectivity index (χ3v) is 2.52. The van der Waals surface area contributed by atoms with E-state index in [2.05, 4.69) is 25.3 Å². The summed E-state index contributed by atoms with van der Waals surface area (Å²) < 4.78 is 19.1. The van der Waals surface area contributed by atoms with Crippen LogP contribution in [-0.4, -0.2) is 27.0 Å². The van der Waals surface area contributed by atoms with Gasteiger partial charge in [0.1, 0.15) is 5.52 Å². The van der Waals surface area contributed by atoms with Crippen LogP contribution < -0.4 is 10.1 Å². The number of halogens is 1. The number of nitrogens with one attached hydrogen (secondary N) is 2. The molecule has 0 saturated heterocycles. The molecule has 0 aliphatic carbocycles. The van der Waals surface area contributed by atoms with Crippen LogP contribution in [0.1, 0.15) is 0 Å². The third-order valence-electron chi connectivity index (χ3n) is 2.52. The van der Waals surface area contributed by atoms with E-state index in [-0.39, 0.29) is 11.6 Å². The molecule has 96 valence electrons. The molecule has 0 spiro atoms. The van der Waals surface area contributed by atoms with E-state index in [0.717, 1.165) is 0 Å². The van der Waals surface area contributed by atoms with Gasteiger partial charge in [0.2, 0.25) is 5.95 Å². The highest BCUT2D eigenvalue weighted by molar-refractivity contribution is 5.77. The van der Waals surface area contributed by atoms with E-state index in [1.807, 2.05) is 0 Å². The number of aromatic nitrogens is 4. The van der Waals surface area contributed by atoms with Gasteiger partial charge in [-0.25, -0.2) is 9.37 Å². The number of ether oxygens (including phenoxy) is 1. The number of benzene rings is 1. The first-order valence-electron chi connectivity index (χ1n) is 5.59. The highest BCUT2D eigenvalue weighted by Crippen LogP contribution is 2.27. The molecule has 7 heteroatoms. The van der Waals surface area contributed by atoms with Crippen LogP contribution in [0.25, 0.3) is 11.2 Å². The number of hydrogen-bond acceptors (Lipinski definition) is 5. The van der Waals surface area contributed by atoms with Gasteiger partial charge >= 0.3 is 0 Å². The van der Waals surface area contributed by atoms with Crippen molar-refractivity contribution >= 4 is 17.1 Å². The second-order valence-electron chi connectivity index (χ2n) is 3.74.